The van der Waals surface area contributed by atoms with E-state index in [-0.39, 0.29) is 63.3 Å². The summed E-state index contributed by atoms with van der Waals surface area (Å²) in [5.41, 5.74) is 27.4. The lowest BCUT2D eigenvalue weighted by Gasteiger charge is -2.30. The van der Waals surface area contributed by atoms with Crippen LogP contribution in [0.1, 0.15) is 83.6 Å². The highest BCUT2D eigenvalue weighted by atomic mass is 16.4. The van der Waals surface area contributed by atoms with Crippen LogP contribution in [0.4, 0.5) is 0 Å². The number of aromatic hydroxyl groups is 1. The first kappa shape index (κ1) is 59.5. The number of aliphatic hydroxyl groups excluding tert-OH is 1. The predicted molar refractivity (Wildman–Crippen MR) is 249 cm³/mol. The normalized spacial score (nSPS) is 16.5. The van der Waals surface area contributed by atoms with Crippen molar-refractivity contribution in [2.24, 2.45) is 39.6 Å². The van der Waals surface area contributed by atoms with Crippen LogP contribution < -0.4 is 60.6 Å². The number of carbonyl (C=O) groups excluding carboxylic acids is 9. The van der Waals surface area contributed by atoms with Crippen molar-refractivity contribution in [3.8, 4) is 5.75 Å². The number of amides is 9. The maximum Gasteiger partial charge on any atom is 0.326 e. The van der Waals surface area contributed by atoms with E-state index in [9.17, 15) is 68.1 Å². The fraction of sp³-hybridized carbons (Fsp3) is 0.581. The fourth-order valence-corrected chi connectivity index (χ4v) is 7.24. The molecule has 1 aliphatic heterocycles. The molecule has 20 N–H and O–H groups in total. The van der Waals surface area contributed by atoms with Gasteiger partial charge in [0.05, 0.1) is 19.1 Å². The summed E-state index contributed by atoms with van der Waals surface area (Å²) in [6.07, 6.45) is -2.08. The van der Waals surface area contributed by atoms with E-state index < -0.39 is 152 Å². The van der Waals surface area contributed by atoms with Crippen molar-refractivity contribution in [3.05, 3.63) is 29.8 Å². The number of hydrogen-bond donors (Lipinski definition) is 15. The number of phenolic OH excluding ortho intramolecular Hbond substituents is 1. The highest BCUT2D eigenvalue weighted by Crippen LogP contribution is 2.20. The van der Waals surface area contributed by atoms with Crippen molar-refractivity contribution in [2.45, 2.75) is 133 Å². The van der Waals surface area contributed by atoms with Gasteiger partial charge in [0, 0.05) is 32.4 Å². The Kier molecular flexibility index (Phi) is 24.7. The number of aliphatic carboxylic acids is 2. The largest absolute Gasteiger partial charge is 0.508 e. The Bertz CT molecular complexity index is 2100. The van der Waals surface area contributed by atoms with E-state index in [0.29, 0.717) is 12.0 Å². The van der Waals surface area contributed by atoms with Crippen LogP contribution in [0.3, 0.4) is 0 Å². The second-order valence-electron chi connectivity index (χ2n) is 16.9. The lowest BCUT2D eigenvalue weighted by Crippen LogP contribution is -2.61. The molecule has 1 heterocycles. The van der Waals surface area contributed by atoms with Crippen molar-refractivity contribution >= 4 is 71.1 Å². The molecule has 1 saturated heterocycles. The predicted octanol–water partition coefficient (Wildman–Crippen LogP) is -5.66. The third-order valence-electron chi connectivity index (χ3n) is 11.4. The summed E-state index contributed by atoms with van der Waals surface area (Å²) in [6.45, 7) is 2.29. The number of hydrogen-bond acceptors (Lipinski definition) is 15. The Labute approximate surface area is 408 Å². The number of rotatable bonds is 31. The molecular weight excluding hydrogens is 939 g/mol. The van der Waals surface area contributed by atoms with Gasteiger partial charge in [-0.3, -0.25) is 52.9 Å². The highest BCUT2D eigenvalue weighted by Gasteiger charge is 2.39. The fourth-order valence-electron chi connectivity index (χ4n) is 7.24. The Morgan fingerprint density at radius 1 is 0.718 bits per heavy atom. The Morgan fingerprint density at radius 3 is 1.76 bits per heavy atom. The van der Waals surface area contributed by atoms with Crippen molar-refractivity contribution in [1.82, 2.24) is 36.8 Å². The summed E-state index contributed by atoms with van der Waals surface area (Å²) >= 11 is 0. The maximum atomic E-state index is 14.3. The number of phenols is 1. The van der Waals surface area contributed by atoms with Crippen LogP contribution in [0, 0.1) is 5.92 Å². The zero-order valence-electron chi connectivity index (χ0n) is 39.5. The number of nitrogens with one attached hydrogen (secondary N) is 6. The van der Waals surface area contributed by atoms with Gasteiger partial charge in [-0.05, 0) is 62.1 Å². The first-order valence-electron chi connectivity index (χ1n) is 22.7. The van der Waals surface area contributed by atoms with Gasteiger partial charge in [0.15, 0.2) is 5.96 Å². The molecule has 9 amide bonds. The number of nitrogens with two attached hydrogens (primary N) is 5. The molecule has 1 aromatic carbocycles. The number of aliphatic imine (C=N–C) groups is 1. The monoisotopic (exact) mass is 1010 g/mol. The Balaban J connectivity index is 2.43. The first-order valence-corrected chi connectivity index (χ1v) is 22.7. The number of nitrogens with zero attached hydrogens (tertiary/aromatic N) is 2. The topological polar surface area (TPSA) is 487 Å². The van der Waals surface area contributed by atoms with Gasteiger partial charge in [0.1, 0.15) is 48.0 Å². The number of benzene rings is 1. The van der Waals surface area contributed by atoms with Crippen LogP contribution in [-0.2, 0) is 59.2 Å². The number of likely N-dealkylation sites (tertiary alicyclic amines) is 1. The molecule has 1 fully saturated rings. The van der Waals surface area contributed by atoms with E-state index in [1.54, 1.807) is 13.8 Å². The van der Waals surface area contributed by atoms with Gasteiger partial charge in [-0.15, -0.1) is 0 Å². The van der Waals surface area contributed by atoms with Crippen molar-refractivity contribution < 1.29 is 73.2 Å². The van der Waals surface area contributed by atoms with Gasteiger partial charge < -0.3 is 85.9 Å². The van der Waals surface area contributed by atoms with Crippen LogP contribution in [0.5, 0.6) is 5.75 Å². The zero-order chi connectivity index (χ0) is 53.5. The van der Waals surface area contributed by atoms with Crippen molar-refractivity contribution in [3.63, 3.8) is 0 Å². The molecule has 28 nitrogen and oxygen atoms in total. The number of carbonyl (C=O) groups is 11. The van der Waals surface area contributed by atoms with Crippen molar-refractivity contribution in [2.75, 3.05) is 19.7 Å². The molecule has 0 saturated carbocycles. The van der Waals surface area contributed by atoms with Gasteiger partial charge in [-0.2, -0.15) is 0 Å². The van der Waals surface area contributed by atoms with Gasteiger partial charge in [0.2, 0.25) is 53.2 Å². The second-order valence-corrected chi connectivity index (χ2v) is 16.9. The zero-order valence-corrected chi connectivity index (χ0v) is 39.5. The molecule has 1 aliphatic rings. The van der Waals surface area contributed by atoms with Crippen LogP contribution in [-0.4, -0.2) is 164 Å². The van der Waals surface area contributed by atoms with Crippen molar-refractivity contribution in [1.29, 1.82) is 0 Å². The van der Waals surface area contributed by atoms with E-state index in [2.05, 4.69) is 36.9 Å². The smallest absolute Gasteiger partial charge is 0.326 e. The van der Waals surface area contributed by atoms with E-state index in [1.807, 2.05) is 0 Å². The average molecular weight is 1010 g/mol. The summed E-state index contributed by atoms with van der Waals surface area (Å²) in [5.74, 6) is -12.5. The average Bonchev–Trinajstić information content (AvgIpc) is 3.80. The molecule has 394 valence electrons. The van der Waals surface area contributed by atoms with Crippen LogP contribution in [0.25, 0.3) is 0 Å². The molecule has 0 radical (unpaired) electrons. The number of aliphatic hydroxyl groups is 1. The molecule has 2 rings (SSSR count). The molecule has 28 heteroatoms. The molecular formula is C43H67N13O15. The Hall–Kier alpha value is -7.62. The molecule has 9 atom stereocenters. The summed E-state index contributed by atoms with van der Waals surface area (Å²) in [5, 5.41) is 53.2. The molecule has 0 aliphatic carbocycles. The number of guanidine groups is 1. The van der Waals surface area contributed by atoms with Crippen LogP contribution in [0.2, 0.25) is 0 Å². The third-order valence-corrected chi connectivity index (χ3v) is 11.4. The molecule has 0 spiro atoms. The summed E-state index contributed by atoms with van der Waals surface area (Å²) < 4.78 is 0. The van der Waals surface area contributed by atoms with E-state index in [0.717, 1.165) is 4.90 Å². The maximum absolute atomic E-state index is 14.3. The molecule has 71 heavy (non-hydrogen) atoms. The molecule has 0 aromatic heterocycles. The third kappa shape index (κ3) is 20.5. The molecule has 1 aromatic rings. The van der Waals surface area contributed by atoms with Gasteiger partial charge in [-0.25, -0.2) is 4.79 Å². The second kappa shape index (κ2) is 29.4. The summed E-state index contributed by atoms with van der Waals surface area (Å²) in [6, 6.07) is -6.65. The quantitative estimate of drug-likeness (QED) is 0.0187. The summed E-state index contributed by atoms with van der Waals surface area (Å²) in [4.78, 5) is 148. The van der Waals surface area contributed by atoms with Crippen LogP contribution >= 0.6 is 0 Å². The lowest BCUT2D eigenvalue weighted by molar-refractivity contribution is -0.144. The Morgan fingerprint density at radius 2 is 1.24 bits per heavy atom. The minimum Gasteiger partial charge on any atom is -0.508 e. The SMILES string of the molecule is CC[C@H](C)[C@H](NC(=O)[C@H](Cc1ccc(O)cc1)NC(=O)[C@H](CCC(N)=O)NC(=O)[C@@H]1CCCN1C(=O)[C@@H](N)CC(=O)O)C(=O)N[C@@H](CCC(N)=O)C(=O)N[C@@H](CO)C(=O)N[C@@H](CCCN=C(N)N)C(=O)O. The standard InChI is InChI=1S/C43H67N13O15/c1-3-21(2)34(40(68)51-26(13-15-32(46)60)36(64)54-29(20-57)38(66)52-27(42(70)71)6-4-16-49-43(47)48)55-37(65)28(18-22-8-10-23(58)11-9-22)53-35(63)25(12-14-31(45)59)50-39(67)30-7-5-17-56(30)41(69)24(44)19-33(61)62/h8-11,21,24-30,34,57-58H,3-7,12-20,44H2,1-2H3,(H2,45,59)(H2,46,60)(H,50,67)(H,51,68)(H,52,66)(H,53,63)(H,54,64)(H,55,65)(H,61,62)(H,70,71)(H4,47,48,49)/t21-,24-,25-,26-,27-,28-,29-,30-,34-/m0/s1. The van der Waals surface area contributed by atoms with E-state index in [4.69, 9.17) is 33.8 Å². The van der Waals surface area contributed by atoms with E-state index >= 15 is 0 Å². The van der Waals surface area contributed by atoms with Gasteiger partial charge in [-0.1, -0.05) is 32.4 Å². The highest BCUT2D eigenvalue weighted by molar-refractivity contribution is 5.98. The lowest BCUT2D eigenvalue weighted by atomic mass is 9.96. The van der Waals surface area contributed by atoms with Crippen LogP contribution in [0.15, 0.2) is 29.3 Å². The number of primary amides is 2. The number of carboxylic acid groups (broad SMARTS) is 2. The van der Waals surface area contributed by atoms with E-state index in [1.165, 1.54) is 24.3 Å². The number of carboxylic acids is 2. The molecule has 0 bridgehead atoms. The minimum absolute atomic E-state index is 0.0371. The first-order chi connectivity index (χ1) is 33.4. The van der Waals surface area contributed by atoms with Gasteiger partial charge in [0.25, 0.3) is 0 Å². The summed E-state index contributed by atoms with van der Waals surface area (Å²) in [7, 11) is 0. The molecule has 0 unspecified atom stereocenters. The van der Waals surface area contributed by atoms with Gasteiger partial charge >= 0.3 is 11.9 Å². The minimum atomic E-state index is -1.76.